The van der Waals surface area contributed by atoms with Crippen molar-refractivity contribution in [2.45, 2.75) is 19.0 Å². The van der Waals surface area contributed by atoms with Gasteiger partial charge in [-0.3, -0.25) is 19.3 Å². The zero-order chi connectivity index (χ0) is 26.2. The first kappa shape index (κ1) is 22.6. The minimum absolute atomic E-state index is 0.0187. The molecule has 1 spiro atoms. The molecule has 0 aliphatic carbocycles. The van der Waals surface area contributed by atoms with Crippen LogP contribution in [0.15, 0.2) is 87.5 Å². The molecule has 0 saturated heterocycles. The van der Waals surface area contributed by atoms with Crippen molar-refractivity contribution in [1.82, 2.24) is 4.98 Å². The lowest BCUT2D eigenvalue weighted by Gasteiger charge is -2.32. The Kier molecular flexibility index (Phi) is 4.71. The summed E-state index contributed by atoms with van der Waals surface area (Å²) >= 11 is 1.19. The van der Waals surface area contributed by atoms with E-state index in [1.54, 1.807) is 66.2 Å². The molecule has 2 amide bonds. The van der Waals surface area contributed by atoms with Gasteiger partial charge in [0.15, 0.2) is 16.1 Å². The average molecular weight is 524 g/mol. The van der Waals surface area contributed by atoms with Crippen molar-refractivity contribution >= 4 is 44.9 Å². The molecule has 3 aromatic carbocycles. The number of carbonyl (C=O) groups excluding carboxylic acids is 2. The molecule has 0 radical (unpaired) electrons. The highest BCUT2D eigenvalue weighted by Gasteiger charge is 2.66. The number of aryl methyl sites for hydroxylation is 1. The quantitative estimate of drug-likeness (QED) is 0.327. The van der Waals surface area contributed by atoms with Crippen LogP contribution in [0.5, 0.6) is 0 Å². The topological polar surface area (TPSA) is 83.7 Å². The van der Waals surface area contributed by atoms with Gasteiger partial charge in [0.25, 0.3) is 11.8 Å². The number of aromatic nitrogens is 1. The number of halogens is 1. The van der Waals surface area contributed by atoms with E-state index in [0.717, 1.165) is 5.56 Å². The monoisotopic (exact) mass is 523 g/mol. The summed E-state index contributed by atoms with van der Waals surface area (Å²) in [7, 11) is 0. The summed E-state index contributed by atoms with van der Waals surface area (Å²) < 4.78 is 19.7. The van der Waals surface area contributed by atoms with Crippen LogP contribution in [-0.2, 0) is 16.9 Å². The summed E-state index contributed by atoms with van der Waals surface area (Å²) in [6, 6.07) is 18.1. The Labute approximate surface area is 219 Å². The fraction of sp³-hybridized carbons (Fsp3) is 0.103. The molecule has 2 aromatic heterocycles. The number of rotatable bonds is 3. The maximum atomic E-state index is 14.7. The van der Waals surface area contributed by atoms with Gasteiger partial charge < -0.3 is 9.32 Å². The second-order valence-electron chi connectivity index (χ2n) is 9.34. The third-order valence-electron chi connectivity index (χ3n) is 7.14. The second-order valence-corrected chi connectivity index (χ2v) is 10.2. The van der Waals surface area contributed by atoms with Crippen molar-refractivity contribution < 1.29 is 18.4 Å². The van der Waals surface area contributed by atoms with E-state index in [9.17, 15) is 18.8 Å². The first-order chi connectivity index (χ1) is 18.4. The summed E-state index contributed by atoms with van der Waals surface area (Å²) in [5, 5.41) is 2.27. The predicted molar refractivity (Wildman–Crippen MR) is 141 cm³/mol. The van der Waals surface area contributed by atoms with Gasteiger partial charge >= 0.3 is 0 Å². The van der Waals surface area contributed by atoms with Crippen LogP contribution in [0.1, 0.15) is 32.8 Å². The number of benzene rings is 3. The van der Waals surface area contributed by atoms with Crippen LogP contribution in [0.4, 0.5) is 15.2 Å². The molecule has 2 aliphatic heterocycles. The maximum absolute atomic E-state index is 14.7. The van der Waals surface area contributed by atoms with Crippen molar-refractivity contribution in [3.8, 4) is 0 Å². The van der Waals surface area contributed by atoms with Crippen molar-refractivity contribution in [2.24, 2.45) is 0 Å². The highest BCUT2D eigenvalue weighted by atomic mass is 32.1. The number of amides is 2. The van der Waals surface area contributed by atoms with Gasteiger partial charge in [0.1, 0.15) is 11.4 Å². The standard InChI is InChI=1S/C29H18FN3O4S/c1-16-6-11-22-19(14-16)24(34)23-25(37-22)26(35)33(28-31-12-13-38-28)29(23)20-4-2-3-5-21(20)32(27(29)36)15-17-7-9-18(30)10-8-17/h2-14H,15H2,1H3. The van der Waals surface area contributed by atoms with Crippen molar-refractivity contribution in [3.63, 3.8) is 0 Å². The zero-order valence-corrected chi connectivity index (χ0v) is 20.8. The molecule has 7 rings (SSSR count). The van der Waals surface area contributed by atoms with Crippen LogP contribution in [0.3, 0.4) is 0 Å². The predicted octanol–water partition coefficient (Wildman–Crippen LogP) is 5.15. The summed E-state index contributed by atoms with van der Waals surface area (Å²) in [6.07, 6.45) is 1.54. The molecule has 38 heavy (non-hydrogen) atoms. The van der Waals surface area contributed by atoms with Gasteiger partial charge in [0.2, 0.25) is 5.76 Å². The first-order valence-corrected chi connectivity index (χ1v) is 12.8. The van der Waals surface area contributed by atoms with Crippen molar-refractivity contribution in [2.75, 3.05) is 9.80 Å². The smallest absolute Gasteiger partial charge is 0.297 e. The molecule has 186 valence electrons. The first-order valence-electron chi connectivity index (χ1n) is 11.9. The lowest BCUT2D eigenvalue weighted by atomic mass is 9.84. The van der Waals surface area contributed by atoms with Crippen molar-refractivity contribution in [3.05, 3.63) is 122 Å². The Bertz CT molecular complexity index is 1850. The summed E-state index contributed by atoms with van der Waals surface area (Å²) in [4.78, 5) is 50.1. The number of carbonyl (C=O) groups is 2. The number of hydrogen-bond acceptors (Lipinski definition) is 6. The van der Waals surface area contributed by atoms with E-state index in [1.165, 1.54) is 33.3 Å². The van der Waals surface area contributed by atoms with E-state index >= 15 is 0 Å². The fourth-order valence-electron chi connectivity index (χ4n) is 5.53. The Morgan fingerprint density at radius 3 is 2.58 bits per heavy atom. The van der Waals surface area contributed by atoms with Gasteiger partial charge in [0.05, 0.1) is 23.2 Å². The van der Waals surface area contributed by atoms with E-state index in [1.807, 2.05) is 6.92 Å². The van der Waals surface area contributed by atoms with Gasteiger partial charge in [-0.15, -0.1) is 11.3 Å². The molecule has 1 atom stereocenters. The van der Waals surface area contributed by atoms with Crippen LogP contribution < -0.4 is 15.2 Å². The number of para-hydroxylation sites is 1. The minimum atomic E-state index is -1.81. The maximum Gasteiger partial charge on any atom is 0.297 e. The molecule has 0 saturated carbocycles. The van der Waals surface area contributed by atoms with E-state index in [0.29, 0.717) is 22.2 Å². The molecule has 0 bridgehead atoms. The molecular weight excluding hydrogens is 505 g/mol. The zero-order valence-electron chi connectivity index (χ0n) is 20.0. The van der Waals surface area contributed by atoms with Gasteiger partial charge in [-0.1, -0.05) is 42.0 Å². The van der Waals surface area contributed by atoms with Gasteiger partial charge in [-0.25, -0.2) is 9.37 Å². The number of anilines is 2. The van der Waals surface area contributed by atoms with E-state index < -0.39 is 22.8 Å². The molecule has 9 heteroatoms. The molecular formula is C29H18FN3O4S. The van der Waals surface area contributed by atoms with Gasteiger partial charge in [-0.05, 0) is 42.8 Å². The third kappa shape index (κ3) is 2.87. The number of hydrogen-bond donors (Lipinski definition) is 0. The number of thiazole rings is 1. The largest absolute Gasteiger partial charge is 0.450 e. The highest BCUT2D eigenvalue weighted by Crippen LogP contribution is 2.54. The summed E-state index contributed by atoms with van der Waals surface area (Å²) in [5.41, 5.74) is 0.569. The Morgan fingerprint density at radius 2 is 1.82 bits per heavy atom. The van der Waals surface area contributed by atoms with Crippen LogP contribution in [-0.4, -0.2) is 16.8 Å². The van der Waals surface area contributed by atoms with Gasteiger partial charge in [0, 0.05) is 17.1 Å². The number of nitrogens with zero attached hydrogens (tertiary/aromatic N) is 3. The molecule has 0 fully saturated rings. The van der Waals surface area contributed by atoms with Crippen molar-refractivity contribution in [1.29, 1.82) is 0 Å². The Balaban J connectivity index is 1.55. The Hall–Kier alpha value is -4.63. The number of fused-ring (bicyclic) bond motifs is 5. The van der Waals surface area contributed by atoms with Crippen LogP contribution in [0, 0.1) is 12.7 Å². The highest BCUT2D eigenvalue weighted by molar-refractivity contribution is 7.13. The fourth-order valence-corrected chi connectivity index (χ4v) is 6.22. The third-order valence-corrected chi connectivity index (χ3v) is 7.90. The minimum Gasteiger partial charge on any atom is -0.450 e. The van der Waals surface area contributed by atoms with Crippen LogP contribution in [0.2, 0.25) is 0 Å². The molecule has 1 unspecified atom stereocenters. The summed E-state index contributed by atoms with van der Waals surface area (Å²) in [6.45, 7) is 1.97. The van der Waals surface area contributed by atoms with Crippen LogP contribution >= 0.6 is 11.3 Å². The molecule has 0 N–H and O–H groups in total. The molecule has 2 aliphatic rings. The molecule has 4 heterocycles. The van der Waals surface area contributed by atoms with E-state index in [4.69, 9.17) is 4.42 Å². The Morgan fingerprint density at radius 1 is 1.03 bits per heavy atom. The summed E-state index contributed by atoms with van der Waals surface area (Å²) in [5.74, 6) is -1.65. The second kappa shape index (κ2) is 7.93. The van der Waals surface area contributed by atoms with Crippen LogP contribution in [0.25, 0.3) is 11.0 Å². The van der Waals surface area contributed by atoms with Gasteiger partial charge in [-0.2, -0.15) is 0 Å². The molecule has 7 nitrogen and oxygen atoms in total. The average Bonchev–Trinajstić information content (AvgIpc) is 3.59. The van der Waals surface area contributed by atoms with E-state index in [2.05, 4.69) is 4.98 Å². The van der Waals surface area contributed by atoms with E-state index in [-0.39, 0.29) is 34.4 Å². The molecule has 5 aromatic rings. The lowest BCUT2D eigenvalue weighted by Crippen LogP contribution is -2.53. The lowest BCUT2D eigenvalue weighted by molar-refractivity contribution is -0.121. The normalized spacial score (nSPS) is 18.1. The SMILES string of the molecule is Cc1ccc2oc3c(c(=O)c2c1)C1(C(=O)N(Cc2ccc(F)cc2)c2ccccc21)N(c1nccs1)C3=O.